The van der Waals surface area contributed by atoms with E-state index in [4.69, 9.17) is 4.74 Å². The molecule has 1 aliphatic rings. The monoisotopic (exact) mass is 249 g/mol. The molecule has 1 aromatic rings. The molecule has 1 fully saturated rings. The van der Waals surface area contributed by atoms with Gasteiger partial charge in [0, 0.05) is 6.20 Å². The molecular weight excluding hydrogens is 239 g/mol. The van der Waals surface area contributed by atoms with E-state index >= 15 is 0 Å². The molecule has 0 radical (unpaired) electrons. The fraction of sp³-hybridized carbons (Fsp3) is 0.500. The van der Waals surface area contributed by atoms with Crippen LogP contribution < -0.4 is 4.74 Å². The third-order valence-corrected chi connectivity index (χ3v) is 3.02. The van der Waals surface area contributed by atoms with Crippen LogP contribution in [0.1, 0.15) is 18.4 Å². The molecule has 1 aromatic heterocycles. The van der Waals surface area contributed by atoms with Gasteiger partial charge < -0.3 is 4.74 Å². The number of rotatable bonds is 3. The highest BCUT2D eigenvalue weighted by Crippen LogP contribution is 2.41. The highest BCUT2D eigenvalue weighted by Gasteiger charge is 2.36. The van der Waals surface area contributed by atoms with Crippen molar-refractivity contribution in [2.75, 3.05) is 6.26 Å². The van der Waals surface area contributed by atoms with Crippen LogP contribution in [0.2, 0.25) is 0 Å². The van der Waals surface area contributed by atoms with Crippen LogP contribution in [0.15, 0.2) is 17.3 Å². The number of thioether (sulfide) groups is 1. The molecule has 0 aliphatic heterocycles. The first kappa shape index (κ1) is 11.6. The molecule has 0 amide bonds. The minimum atomic E-state index is -4.38. The van der Waals surface area contributed by atoms with Gasteiger partial charge in [0.05, 0.1) is 22.8 Å². The normalized spacial score (nSPS) is 16.2. The number of halogens is 3. The van der Waals surface area contributed by atoms with Crippen LogP contribution in [0.3, 0.4) is 0 Å². The fourth-order valence-corrected chi connectivity index (χ4v) is 1.98. The summed E-state index contributed by atoms with van der Waals surface area (Å²) in [4.78, 5) is 3.70. The lowest BCUT2D eigenvalue weighted by molar-refractivity contribution is -0.140. The summed E-state index contributed by atoms with van der Waals surface area (Å²) in [6.45, 7) is 0. The van der Waals surface area contributed by atoms with Crippen molar-refractivity contribution in [3.63, 3.8) is 0 Å². The SMILES string of the molecule is CSc1c(OC2CC2)cncc1C(F)(F)F. The molecule has 0 spiro atoms. The van der Waals surface area contributed by atoms with Gasteiger partial charge in [0.2, 0.25) is 0 Å². The van der Waals surface area contributed by atoms with Crippen LogP contribution >= 0.6 is 11.8 Å². The molecule has 0 unspecified atom stereocenters. The minimum Gasteiger partial charge on any atom is -0.488 e. The first-order valence-electron chi connectivity index (χ1n) is 4.78. The van der Waals surface area contributed by atoms with Gasteiger partial charge in [0.1, 0.15) is 0 Å². The number of hydrogen-bond donors (Lipinski definition) is 0. The summed E-state index contributed by atoms with van der Waals surface area (Å²) in [7, 11) is 0. The van der Waals surface area contributed by atoms with Gasteiger partial charge in [-0.15, -0.1) is 11.8 Å². The summed E-state index contributed by atoms with van der Waals surface area (Å²) in [5, 5.41) is 0. The van der Waals surface area contributed by atoms with Gasteiger partial charge in [-0.05, 0) is 19.1 Å². The third-order valence-electron chi connectivity index (χ3n) is 2.19. The number of aromatic nitrogens is 1. The average molecular weight is 249 g/mol. The van der Waals surface area contributed by atoms with E-state index in [2.05, 4.69) is 4.98 Å². The number of nitrogens with zero attached hydrogens (tertiary/aromatic N) is 1. The van der Waals surface area contributed by atoms with Crippen molar-refractivity contribution in [3.8, 4) is 5.75 Å². The second-order valence-corrected chi connectivity index (χ2v) is 4.35. The summed E-state index contributed by atoms with van der Waals surface area (Å²) < 4.78 is 43.4. The van der Waals surface area contributed by atoms with Gasteiger partial charge in [-0.1, -0.05) is 0 Å². The maximum absolute atomic E-state index is 12.7. The average Bonchev–Trinajstić information content (AvgIpc) is 3.00. The molecule has 6 heteroatoms. The Kier molecular flexibility index (Phi) is 3.01. The number of ether oxygens (including phenoxy) is 1. The zero-order chi connectivity index (χ0) is 11.8. The Morgan fingerprint density at radius 2 is 2.06 bits per heavy atom. The largest absolute Gasteiger partial charge is 0.488 e. The summed E-state index contributed by atoms with van der Waals surface area (Å²) in [6, 6.07) is 0. The van der Waals surface area contributed by atoms with Crippen molar-refractivity contribution in [1.29, 1.82) is 0 Å². The molecule has 0 saturated heterocycles. The van der Waals surface area contributed by atoms with E-state index in [1.165, 1.54) is 6.20 Å². The van der Waals surface area contributed by atoms with E-state index in [1.807, 2.05) is 0 Å². The van der Waals surface area contributed by atoms with Crippen molar-refractivity contribution < 1.29 is 17.9 Å². The molecule has 1 saturated carbocycles. The molecule has 2 rings (SSSR count). The first-order valence-corrected chi connectivity index (χ1v) is 6.00. The topological polar surface area (TPSA) is 22.1 Å². The van der Waals surface area contributed by atoms with E-state index in [-0.39, 0.29) is 16.7 Å². The van der Waals surface area contributed by atoms with Crippen LogP contribution in [0.4, 0.5) is 13.2 Å². The smallest absolute Gasteiger partial charge is 0.419 e. The number of pyridine rings is 1. The molecule has 0 atom stereocenters. The van der Waals surface area contributed by atoms with Crippen molar-refractivity contribution in [3.05, 3.63) is 18.0 Å². The Morgan fingerprint density at radius 1 is 1.38 bits per heavy atom. The van der Waals surface area contributed by atoms with Crippen LogP contribution in [-0.4, -0.2) is 17.3 Å². The first-order chi connectivity index (χ1) is 7.52. The van der Waals surface area contributed by atoms with Crippen molar-refractivity contribution in [1.82, 2.24) is 4.98 Å². The van der Waals surface area contributed by atoms with E-state index in [9.17, 15) is 13.2 Å². The van der Waals surface area contributed by atoms with Crippen LogP contribution in [0.25, 0.3) is 0 Å². The minimum absolute atomic E-state index is 0.0659. The summed E-state index contributed by atoms with van der Waals surface area (Å²) in [5.74, 6) is 0.241. The predicted molar refractivity (Wildman–Crippen MR) is 54.7 cm³/mol. The predicted octanol–water partition coefficient (Wildman–Crippen LogP) is 3.36. The Hall–Kier alpha value is -0.910. The maximum Gasteiger partial charge on any atom is 0.419 e. The van der Waals surface area contributed by atoms with Crippen LogP contribution in [-0.2, 0) is 6.18 Å². The number of hydrogen-bond acceptors (Lipinski definition) is 3. The van der Waals surface area contributed by atoms with E-state index in [1.54, 1.807) is 6.26 Å². The summed E-state index contributed by atoms with van der Waals surface area (Å²) >= 11 is 1.03. The molecule has 2 nitrogen and oxygen atoms in total. The van der Waals surface area contributed by atoms with Gasteiger partial charge in [0.15, 0.2) is 5.75 Å². The van der Waals surface area contributed by atoms with Gasteiger partial charge in [-0.25, -0.2) is 0 Å². The van der Waals surface area contributed by atoms with Crippen LogP contribution in [0.5, 0.6) is 5.75 Å². The zero-order valence-corrected chi connectivity index (χ0v) is 9.36. The molecule has 1 heterocycles. The quantitative estimate of drug-likeness (QED) is 0.767. The highest BCUT2D eigenvalue weighted by atomic mass is 32.2. The molecule has 0 aromatic carbocycles. The Bertz CT molecular complexity index is 390. The Labute approximate surface area is 95.2 Å². The van der Waals surface area contributed by atoms with Gasteiger partial charge in [-0.3, -0.25) is 4.98 Å². The molecule has 1 aliphatic carbocycles. The fourth-order valence-electron chi connectivity index (χ4n) is 1.29. The van der Waals surface area contributed by atoms with Gasteiger partial charge in [-0.2, -0.15) is 13.2 Å². The maximum atomic E-state index is 12.7. The van der Waals surface area contributed by atoms with Crippen molar-refractivity contribution in [2.45, 2.75) is 30.0 Å². The third kappa shape index (κ3) is 2.42. The van der Waals surface area contributed by atoms with Gasteiger partial charge >= 0.3 is 6.18 Å². The lowest BCUT2D eigenvalue weighted by Crippen LogP contribution is -2.09. The molecule has 16 heavy (non-hydrogen) atoms. The van der Waals surface area contributed by atoms with E-state index in [0.29, 0.717) is 0 Å². The highest BCUT2D eigenvalue weighted by molar-refractivity contribution is 7.98. The second kappa shape index (κ2) is 4.16. The Balaban J connectivity index is 2.37. The van der Waals surface area contributed by atoms with E-state index in [0.717, 1.165) is 30.8 Å². The van der Waals surface area contributed by atoms with Gasteiger partial charge in [0.25, 0.3) is 0 Å². The van der Waals surface area contributed by atoms with E-state index < -0.39 is 11.7 Å². The lowest BCUT2D eigenvalue weighted by atomic mass is 10.2. The molecule has 88 valence electrons. The summed E-state index contributed by atoms with van der Waals surface area (Å²) in [5.41, 5.74) is -0.724. The number of alkyl halides is 3. The summed E-state index contributed by atoms with van der Waals surface area (Å²) in [6.07, 6.45) is 1.29. The van der Waals surface area contributed by atoms with Crippen molar-refractivity contribution >= 4 is 11.8 Å². The van der Waals surface area contributed by atoms with Crippen LogP contribution in [0, 0.1) is 0 Å². The standard InChI is InChI=1S/C10H10F3NOS/c1-16-9-7(10(11,12)13)4-14-5-8(9)15-6-2-3-6/h4-6H,2-3H2,1H3. The lowest BCUT2D eigenvalue weighted by Gasteiger charge is -2.14. The Morgan fingerprint density at radius 3 is 2.56 bits per heavy atom. The second-order valence-electron chi connectivity index (χ2n) is 3.53. The molecule has 0 N–H and O–H groups in total. The molecule has 0 bridgehead atoms. The molecular formula is C10H10F3NOS. The van der Waals surface area contributed by atoms with Crippen molar-refractivity contribution in [2.24, 2.45) is 0 Å². The zero-order valence-electron chi connectivity index (χ0n) is 8.54.